The molecule has 0 unspecified atom stereocenters. The average molecular weight is 270 g/mol. The van der Waals surface area contributed by atoms with Crippen molar-refractivity contribution < 1.29 is 18.3 Å². The molecule has 1 rings (SSSR count). The fourth-order valence-electron chi connectivity index (χ4n) is 1.10. The summed E-state index contributed by atoms with van der Waals surface area (Å²) in [4.78, 5) is 3.40. The minimum Gasteiger partial charge on any atom is -0.392 e. The Morgan fingerprint density at radius 3 is 2.57 bits per heavy atom. The molecule has 0 aromatic carbocycles. The molecular weight excluding hydrogens is 263 g/mol. The summed E-state index contributed by atoms with van der Waals surface area (Å²) in [6.45, 7) is -0.576. The Hall–Kier alpha value is -0.620. The summed E-state index contributed by atoms with van der Waals surface area (Å²) < 4.78 is 37.5. The molecule has 0 amide bonds. The van der Waals surface area contributed by atoms with Gasteiger partial charge in [0.25, 0.3) is 6.43 Å². The fraction of sp³-hybridized carbons (Fsp3) is 0.375. The lowest BCUT2D eigenvalue weighted by Crippen LogP contribution is -2.04. The standard InChI is InChI=1S/C8H7BrF3NO/c9-2-6-5(3-14)4(8(11)12)1-7(10)13-6/h1,8,14H,2-3H2. The predicted octanol–water partition coefficient (Wildman–Crippen LogP) is 2.55. The van der Waals surface area contributed by atoms with Crippen LogP contribution in [0.1, 0.15) is 23.2 Å². The molecule has 0 aliphatic carbocycles. The first-order chi connectivity index (χ1) is 6.60. The zero-order valence-electron chi connectivity index (χ0n) is 6.98. The lowest BCUT2D eigenvalue weighted by atomic mass is 10.1. The summed E-state index contributed by atoms with van der Waals surface area (Å²) in [5.41, 5.74) is -0.421. The summed E-state index contributed by atoms with van der Waals surface area (Å²) in [5, 5.41) is 8.98. The highest BCUT2D eigenvalue weighted by Crippen LogP contribution is 2.26. The number of nitrogens with zero attached hydrogens (tertiary/aromatic N) is 1. The van der Waals surface area contributed by atoms with E-state index in [1.54, 1.807) is 0 Å². The van der Waals surface area contributed by atoms with Crippen LogP contribution in [-0.4, -0.2) is 10.1 Å². The van der Waals surface area contributed by atoms with E-state index in [1.165, 1.54) is 0 Å². The molecule has 0 aliphatic rings. The Kier molecular flexibility index (Phi) is 3.88. The number of rotatable bonds is 3. The van der Waals surface area contributed by atoms with Crippen molar-refractivity contribution in [2.24, 2.45) is 0 Å². The van der Waals surface area contributed by atoms with Gasteiger partial charge in [0.05, 0.1) is 12.3 Å². The minimum absolute atomic E-state index is 0.0155. The number of aliphatic hydroxyl groups is 1. The molecule has 0 radical (unpaired) electrons. The molecule has 78 valence electrons. The number of alkyl halides is 3. The second kappa shape index (κ2) is 4.75. The van der Waals surface area contributed by atoms with Gasteiger partial charge in [-0.15, -0.1) is 0 Å². The van der Waals surface area contributed by atoms with Crippen LogP contribution in [0.3, 0.4) is 0 Å². The van der Waals surface area contributed by atoms with Gasteiger partial charge in [-0.25, -0.2) is 13.8 Å². The van der Waals surface area contributed by atoms with Gasteiger partial charge in [0.15, 0.2) is 0 Å². The smallest absolute Gasteiger partial charge is 0.264 e. The number of aromatic nitrogens is 1. The van der Waals surface area contributed by atoms with Gasteiger partial charge < -0.3 is 5.11 Å². The quantitative estimate of drug-likeness (QED) is 0.676. The van der Waals surface area contributed by atoms with Crippen molar-refractivity contribution in [1.29, 1.82) is 0 Å². The predicted molar refractivity (Wildman–Crippen MR) is 47.7 cm³/mol. The van der Waals surface area contributed by atoms with Crippen molar-refractivity contribution in [1.82, 2.24) is 4.98 Å². The van der Waals surface area contributed by atoms with Crippen molar-refractivity contribution >= 4 is 15.9 Å². The Morgan fingerprint density at radius 2 is 2.14 bits per heavy atom. The van der Waals surface area contributed by atoms with Crippen molar-refractivity contribution in [3.8, 4) is 0 Å². The first-order valence-electron chi connectivity index (χ1n) is 3.73. The van der Waals surface area contributed by atoms with Crippen LogP contribution in [0.15, 0.2) is 6.07 Å². The van der Waals surface area contributed by atoms with Crippen molar-refractivity contribution in [2.75, 3.05) is 0 Å². The molecular formula is C8H7BrF3NO. The van der Waals surface area contributed by atoms with Gasteiger partial charge in [-0.3, -0.25) is 0 Å². The third-order valence-corrected chi connectivity index (χ3v) is 2.26. The Morgan fingerprint density at radius 1 is 1.50 bits per heavy atom. The maximum absolute atomic E-state index is 12.7. The molecule has 0 fully saturated rings. The Labute approximate surface area is 86.9 Å². The maximum atomic E-state index is 12.7. The van der Waals surface area contributed by atoms with E-state index in [0.717, 1.165) is 0 Å². The highest BCUT2D eigenvalue weighted by atomic mass is 79.9. The van der Waals surface area contributed by atoms with Crippen molar-refractivity contribution in [2.45, 2.75) is 18.4 Å². The number of halogens is 4. The fourth-order valence-corrected chi connectivity index (χ4v) is 1.56. The zero-order chi connectivity index (χ0) is 10.7. The monoisotopic (exact) mass is 269 g/mol. The van der Waals surface area contributed by atoms with Crippen LogP contribution in [-0.2, 0) is 11.9 Å². The molecule has 1 aromatic heterocycles. The molecule has 0 bridgehead atoms. The molecule has 1 aromatic rings. The zero-order valence-corrected chi connectivity index (χ0v) is 8.56. The number of hydrogen-bond donors (Lipinski definition) is 1. The molecule has 0 saturated carbocycles. The van der Waals surface area contributed by atoms with Crippen molar-refractivity contribution in [3.05, 3.63) is 28.8 Å². The summed E-state index contributed by atoms with van der Waals surface area (Å²) in [6.07, 6.45) is -2.81. The van der Waals surface area contributed by atoms with E-state index >= 15 is 0 Å². The van der Waals surface area contributed by atoms with Gasteiger partial charge in [-0.2, -0.15) is 4.39 Å². The average Bonchev–Trinajstić information content (AvgIpc) is 2.16. The van der Waals surface area contributed by atoms with Crippen LogP contribution in [0.5, 0.6) is 0 Å². The normalized spacial score (nSPS) is 11.0. The highest BCUT2D eigenvalue weighted by Gasteiger charge is 2.18. The largest absolute Gasteiger partial charge is 0.392 e. The van der Waals surface area contributed by atoms with Gasteiger partial charge in [0.1, 0.15) is 0 Å². The summed E-state index contributed by atoms with van der Waals surface area (Å²) in [5.74, 6) is -0.966. The lowest BCUT2D eigenvalue weighted by Gasteiger charge is -2.09. The van der Waals surface area contributed by atoms with Crippen LogP contribution >= 0.6 is 15.9 Å². The van der Waals surface area contributed by atoms with Crippen LogP contribution in [0.4, 0.5) is 13.2 Å². The van der Waals surface area contributed by atoms with Gasteiger partial charge in [-0.1, -0.05) is 15.9 Å². The summed E-state index contributed by atoms with van der Waals surface area (Å²) in [7, 11) is 0. The van der Waals surface area contributed by atoms with Crippen LogP contribution in [0.2, 0.25) is 0 Å². The van der Waals surface area contributed by atoms with Crippen LogP contribution in [0.25, 0.3) is 0 Å². The molecule has 0 spiro atoms. The Bertz CT molecular complexity index is 333. The second-order valence-corrected chi connectivity index (χ2v) is 3.11. The number of aliphatic hydroxyl groups excluding tert-OH is 1. The summed E-state index contributed by atoms with van der Waals surface area (Å²) in [6, 6.07) is 0.641. The number of pyridine rings is 1. The van der Waals surface area contributed by atoms with E-state index in [9.17, 15) is 13.2 Å². The minimum atomic E-state index is -2.81. The molecule has 2 nitrogen and oxygen atoms in total. The topological polar surface area (TPSA) is 33.1 Å². The SMILES string of the molecule is OCc1c(C(F)F)cc(F)nc1CBr. The third kappa shape index (κ3) is 2.24. The Balaban J connectivity index is 3.31. The maximum Gasteiger partial charge on any atom is 0.264 e. The molecule has 14 heavy (non-hydrogen) atoms. The van der Waals surface area contributed by atoms with E-state index < -0.39 is 24.5 Å². The van der Waals surface area contributed by atoms with Crippen LogP contribution in [0, 0.1) is 5.95 Å². The van der Waals surface area contributed by atoms with E-state index in [0.29, 0.717) is 6.07 Å². The number of hydrogen-bond acceptors (Lipinski definition) is 2. The molecule has 6 heteroatoms. The first-order valence-corrected chi connectivity index (χ1v) is 4.85. The van der Waals surface area contributed by atoms with Gasteiger partial charge in [0.2, 0.25) is 5.95 Å². The molecule has 1 N–H and O–H groups in total. The first kappa shape index (κ1) is 11.5. The van der Waals surface area contributed by atoms with Crippen LogP contribution < -0.4 is 0 Å². The van der Waals surface area contributed by atoms with Crippen molar-refractivity contribution in [3.63, 3.8) is 0 Å². The molecule has 0 aliphatic heterocycles. The molecule has 1 heterocycles. The molecule has 0 atom stereocenters. The van der Waals surface area contributed by atoms with E-state index in [4.69, 9.17) is 5.11 Å². The summed E-state index contributed by atoms with van der Waals surface area (Å²) >= 11 is 2.98. The third-order valence-electron chi connectivity index (χ3n) is 1.73. The lowest BCUT2D eigenvalue weighted by molar-refractivity contribution is 0.146. The highest BCUT2D eigenvalue weighted by molar-refractivity contribution is 9.08. The molecule has 0 saturated heterocycles. The van der Waals surface area contributed by atoms with Gasteiger partial charge >= 0.3 is 0 Å². The van der Waals surface area contributed by atoms with Gasteiger partial charge in [0, 0.05) is 22.5 Å². The van der Waals surface area contributed by atoms with Gasteiger partial charge in [-0.05, 0) is 0 Å². The second-order valence-electron chi connectivity index (χ2n) is 2.55. The van der Waals surface area contributed by atoms with E-state index in [2.05, 4.69) is 20.9 Å². The van der Waals surface area contributed by atoms with E-state index in [1.807, 2.05) is 0 Å². The van der Waals surface area contributed by atoms with E-state index in [-0.39, 0.29) is 16.6 Å².